The SMILES string of the molecule is CC(=O)N[C@H]1[C@@H](OCc2ccccc2)O[C@@H]2CO[C@H](c3ccccc3)O[C@H]2[C@@H]1O[C@@H](C)C(=O)NNC(=O)[C@H](C)NC(=O)OC(C)(C)C. The Morgan fingerprint density at radius 1 is 0.915 bits per heavy atom. The molecule has 4 amide bonds. The number of alkyl carbamates (subject to hydrolysis) is 1. The standard InChI is InChI=1S/C33H44N4O10/c1-19(34-32(41)47-33(4,5)6)28(39)36-37-29(40)20(2)44-27-25(35-21(3)38)31(42-17-22-13-9-7-10-14-22)45-24-18-43-30(46-26(24)27)23-15-11-8-12-16-23/h7-16,19-20,24-27,30-31H,17-18H2,1-6H3,(H,34,41)(H,35,38)(H,36,39)(H,37,40)/t19-,20-,24+,25+,26+,27+,30-,31-/m0/s1. The molecule has 4 rings (SSSR count). The van der Waals surface area contributed by atoms with E-state index in [-0.39, 0.29) is 19.1 Å². The molecule has 0 bridgehead atoms. The molecule has 2 aromatic carbocycles. The molecule has 0 aliphatic carbocycles. The third kappa shape index (κ3) is 10.5. The van der Waals surface area contributed by atoms with Gasteiger partial charge in [-0.15, -0.1) is 0 Å². The maximum atomic E-state index is 13.1. The van der Waals surface area contributed by atoms with Crippen LogP contribution in [0.5, 0.6) is 0 Å². The number of carbonyl (C=O) groups is 4. The Labute approximate surface area is 274 Å². The Kier molecular flexibility index (Phi) is 12.3. The van der Waals surface area contributed by atoms with Crippen molar-refractivity contribution in [2.45, 2.75) is 103 Å². The molecule has 2 saturated heterocycles. The van der Waals surface area contributed by atoms with Crippen LogP contribution in [0.25, 0.3) is 0 Å². The molecule has 2 fully saturated rings. The van der Waals surface area contributed by atoms with Crippen molar-refractivity contribution in [3.05, 3.63) is 71.8 Å². The van der Waals surface area contributed by atoms with Gasteiger partial charge in [0, 0.05) is 12.5 Å². The zero-order valence-electron chi connectivity index (χ0n) is 27.4. The number of nitrogens with one attached hydrogen (secondary N) is 4. The molecule has 0 saturated carbocycles. The molecule has 2 heterocycles. The van der Waals surface area contributed by atoms with E-state index in [1.54, 1.807) is 20.8 Å². The number of amides is 4. The minimum atomic E-state index is -1.15. The first-order valence-electron chi connectivity index (χ1n) is 15.5. The van der Waals surface area contributed by atoms with Gasteiger partial charge in [0.05, 0.1) is 13.2 Å². The van der Waals surface area contributed by atoms with Crippen molar-refractivity contribution >= 4 is 23.8 Å². The van der Waals surface area contributed by atoms with Gasteiger partial charge >= 0.3 is 6.09 Å². The highest BCUT2D eigenvalue weighted by Crippen LogP contribution is 2.36. The topological polar surface area (TPSA) is 172 Å². The fraction of sp³-hybridized carbons (Fsp3) is 0.515. The number of carbonyl (C=O) groups excluding carboxylic acids is 4. The van der Waals surface area contributed by atoms with Gasteiger partial charge in [-0.25, -0.2) is 4.79 Å². The summed E-state index contributed by atoms with van der Waals surface area (Å²) in [6.07, 6.45) is -6.07. The average Bonchev–Trinajstić information content (AvgIpc) is 3.03. The van der Waals surface area contributed by atoms with Crippen LogP contribution in [-0.2, 0) is 49.4 Å². The lowest BCUT2D eigenvalue weighted by Gasteiger charge is -2.49. The van der Waals surface area contributed by atoms with Crippen molar-refractivity contribution in [3.8, 4) is 0 Å². The summed E-state index contributed by atoms with van der Waals surface area (Å²) < 4.78 is 36.3. The molecular weight excluding hydrogens is 612 g/mol. The minimum absolute atomic E-state index is 0.126. The molecule has 8 atom stereocenters. The second-order valence-electron chi connectivity index (χ2n) is 12.3. The molecule has 2 aromatic rings. The quantitative estimate of drug-likeness (QED) is 0.278. The minimum Gasteiger partial charge on any atom is -0.444 e. The zero-order chi connectivity index (χ0) is 34.1. The van der Waals surface area contributed by atoms with Gasteiger partial charge in [-0.1, -0.05) is 60.7 Å². The summed E-state index contributed by atoms with van der Waals surface area (Å²) in [4.78, 5) is 50.2. The van der Waals surface area contributed by atoms with E-state index in [0.717, 1.165) is 11.1 Å². The van der Waals surface area contributed by atoms with Gasteiger partial charge in [0.1, 0.15) is 42.1 Å². The first kappa shape index (κ1) is 35.8. The Bertz CT molecular complexity index is 1360. The Balaban J connectivity index is 1.48. The second-order valence-corrected chi connectivity index (χ2v) is 12.3. The average molecular weight is 657 g/mol. The molecule has 2 aliphatic rings. The molecule has 0 spiro atoms. The van der Waals surface area contributed by atoms with E-state index in [1.165, 1.54) is 20.8 Å². The molecular formula is C33H44N4O10. The van der Waals surface area contributed by atoms with Crippen LogP contribution in [0.2, 0.25) is 0 Å². The van der Waals surface area contributed by atoms with E-state index in [2.05, 4.69) is 21.5 Å². The maximum Gasteiger partial charge on any atom is 0.408 e. The highest BCUT2D eigenvalue weighted by atomic mass is 16.8. The fourth-order valence-electron chi connectivity index (χ4n) is 4.98. The van der Waals surface area contributed by atoms with Crippen molar-refractivity contribution in [2.75, 3.05) is 6.61 Å². The van der Waals surface area contributed by atoms with Crippen molar-refractivity contribution in [2.24, 2.45) is 0 Å². The fourth-order valence-corrected chi connectivity index (χ4v) is 4.98. The van der Waals surface area contributed by atoms with E-state index < -0.39 is 72.6 Å². The number of benzene rings is 2. The smallest absolute Gasteiger partial charge is 0.408 e. The Hall–Kier alpha value is -4.08. The first-order valence-corrected chi connectivity index (χ1v) is 15.5. The molecule has 47 heavy (non-hydrogen) atoms. The van der Waals surface area contributed by atoms with Crippen molar-refractivity contribution in [3.63, 3.8) is 0 Å². The maximum absolute atomic E-state index is 13.1. The molecule has 256 valence electrons. The summed E-state index contributed by atoms with van der Waals surface area (Å²) in [7, 11) is 0. The predicted octanol–water partition coefficient (Wildman–Crippen LogP) is 2.38. The van der Waals surface area contributed by atoms with E-state index >= 15 is 0 Å². The summed E-state index contributed by atoms with van der Waals surface area (Å²) in [5, 5.41) is 5.27. The largest absolute Gasteiger partial charge is 0.444 e. The van der Waals surface area contributed by atoms with E-state index in [0.29, 0.717) is 0 Å². The summed E-state index contributed by atoms with van der Waals surface area (Å²) in [5.74, 6) is -1.76. The zero-order valence-corrected chi connectivity index (χ0v) is 27.4. The summed E-state index contributed by atoms with van der Waals surface area (Å²) in [6.45, 7) is 9.68. The Morgan fingerprint density at radius 2 is 1.55 bits per heavy atom. The van der Waals surface area contributed by atoms with Gasteiger partial charge in [-0.2, -0.15) is 0 Å². The van der Waals surface area contributed by atoms with E-state index in [4.69, 9.17) is 28.4 Å². The predicted molar refractivity (Wildman–Crippen MR) is 167 cm³/mol. The van der Waals surface area contributed by atoms with Crippen molar-refractivity contribution < 1.29 is 47.6 Å². The third-order valence-electron chi connectivity index (χ3n) is 7.20. The second kappa shape index (κ2) is 16.2. The van der Waals surface area contributed by atoms with E-state index in [1.807, 2.05) is 60.7 Å². The number of hydrogen-bond donors (Lipinski definition) is 4. The number of fused-ring (bicyclic) bond motifs is 1. The van der Waals surface area contributed by atoms with Gasteiger partial charge in [0.2, 0.25) is 5.91 Å². The van der Waals surface area contributed by atoms with Crippen molar-refractivity contribution in [1.82, 2.24) is 21.5 Å². The van der Waals surface area contributed by atoms with Crippen LogP contribution >= 0.6 is 0 Å². The van der Waals surface area contributed by atoms with Crippen molar-refractivity contribution in [1.29, 1.82) is 0 Å². The number of hydrazine groups is 1. The third-order valence-corrected chi connectivity index (χ3v) is 7.20. The van der Waals surface area contributed by atoms with Crippen LogP contribution in [0.4, 0.5) is 4.79 Å². The molecule has 0 aromatic heterocycles. The van der Waals surface area contributed by atoms with Crippen LogP contribution in [0, 0.1) is 0 Å². The highest BCUT2D eigenvalue weighted by Gasteiger charge is 2.52. The van der Waals surface area contributed by atoms with Crippen LogP contribution in [0.15, 0.2) is 60.7 Å². The normalized spacial score (nSPS) is 25.3. The monoisotopic (exact) mass is 656 g/mol. The summed E-state index contributed by atoms with van der Waals surface area (Å²) in [6, 6.07) is 16.9. The lowest BCUT2D eigenvalue weighted by atomic mass is 9.95. The van der Waals surface area contributed by atoms with Gasteiger partial charge in [-0.3, -0.25) is 25.2 Å². The molecule has 0 unspecified atom stereocenters. The van der Waals surface area contributed by atoms with Gasteiger partial charge in [0.25, 0.3) is 11.8 Å². The summed E-state index contributed by atoms with van der Waals surface area (Å²) >= 11 is 0. The Morgan fingerprint density at radius 3 is 2.19 bits per heavy atom. The van der Waals surface area contributed by atoms with Gasteiger partial charge in [0.15, 0.2) is 12.6 Å². The number of hydrogen-bond acceptors (Lipinski definition) is 10. The highest BCUT2D eigenvalue weighted by molar-refractivity contribution is 5.88. The number of rotatable bonds is 10. The van der Waals surface area contributed by atoms with Crippen LogP contribution < -0.4 is 21.5 Å². The lowest BCUT2D eigenvalue weighted by Crippen LogP contribution is -2.68. The van der Waals surface area contributed by atoms with Gasteiger partial charge < -0.3 is 39.1 Å². The molecule has 4 N–H and O–H groups in total. The lowest BCUT2D eigenvalue weighted by molar-refractivity contribution is -0.351. The van der Waals surface area contributed by atoms with Crippen LogP contribution in [0.3, 0.4) is 0 Å². The van der Waals surface area contributed by atoms with Gasteiger partial charge in [-0.05, 0) is 40.2 Å². The molecule has 0 radical (unpaired) electrons. The molecule has 2 aliphatic heterocycles. The summed E-state index contributed by atoms with van der Waals surface area (Å²) in [5.41, 5.74) is 5.51. The molecule has 14 nitrogen and oxygen atoms in total. The van der Waals surface area contributed by atoms with Crippen LogP contribution in [0.1, 0.15) is 59.0 Å². The van der Waals surface area contributed by atoms with E-state index in [9.17, 15) is 19.2 Å². The number of ether oxygens (including phenoxy) is 6. The van der Waals surface area contributed by atoms with Crippen LogP contribution in [-0.4, -0.2) is 78.8 Å². The molecule has 14 heteroatoms. The first-order chi connectivity index (χ1) is 22.3.